The van der Waals surface area contributed by atoms with Gasteiger partial charge in [0.15, 0.2) is 5.69 Å². The van der Waals surface area contributed by atoms with E-state index in [4.69, 9.17) is 10.8 Å². The van der Waals surface area contributed by atoms with Crippen molar-refractivity contribution in [1.29, 1.82) is 0 Å². The van der Waals surface area contributed by atoms with Crippen LogP contribution in [0.5, 0.6) is 0 Å². The van der Waals surface area contributed by atoms with Crippen LogP contribution in [0, 0.1) is 0 Å². The van der Waals surface area contributed by atoms with Crippen LogP contribution in [0.2, 0.25) is 0 Å². The van der Waals surface area contributed by atoms with Gasteiger partial charge < -0.3 is 15.4 Å². The molecule has 0 amide bonds. The summed E-state index contributed by atoms with van der Waals surface area (Å²) in [7, 11) is 0. The fourth-order valence-electron chi connectivity index (χ4n) is 2.33. The van der Waals surface area contributed by atoms with Gasteiger partial charge in [-0.3, -0.25) is 0 Å². The number of carboxylic acid groups (broad SMARTS) is 1. The van der Waals surface area contributed by atoms with E-state index in [-0.39, 0.29) is 11.2 Å². The molecule has 0 aromatic carbocycles. The molecular weight excluding hydrogens is 218 g/mol. The van der Waals surface area contributed by atoms with Crippen LogP contribution in [0.3, 0.4) is 0 Å². The Bertz CT molecular complexity index is 443. The second kappa shape index (κ2) is 4.14. The molecule has 2 rings (SSSR count). The molecule has 5 heteroatoms. The monoisotopic (exact) mass is 237 g/mol. The second-order valence-electron chi connectivity index (χ2n) is 5.40. The van der Waals surface area contributed by atoms with Crippen LogP contribution in [0.15, 0.2) is 0 Å². The first-order chi connectivity index (χ1) is 7.88. The van der Waals surface area contributed by atoms with E-state index in [2.05, 4.69) is 4.98 Å². The van der Waals surface area contributed by atoms with Gasteiger partial charge in [-0.25, -0.2) is 9.78 Å². The average molecular weight is 237 g/mol. The van der Waals surface area contributed by atoms with E-state index in [1.807, 2.05) is 18.4 Å². The number of carbonyl (C=O) groups is 1. The fourth-order valence-corrected chi connectivity index (χ4v) is 2.33. The van der Waals surface area contributed by atoms with Crippen molar-refractivity contribution in [2.75, 3.05) is 0 Å². The minimum absolute atomic E-state index is 0.212. The van der Waals surface area contributed by atoms with Gasteiger partial charge in [0.25, 0.3) is 0 Å². The lowest BCUT2D eigenvalue weighted by molar-refractivity contribution is 0.0689. The smallest absolute Gasteiger partial charge is 0.356 e. The molecule has 0 fully saturated rings. The van der Waals surface area contributed by atoms with E-state index in [0.717, 1.165) is 37.3 Å². The van der Waals surface area contributed by atoms with Crippen molar-refractivity contribution >= 4 is 5.97 Å². The molecule has 0 aliphatic carbocycles. The largest absolute Gasteiger partial charge is 0.476 e. The summed E-state index contributed by atoms with van der Waals surface area (Å²) >= 11 is 0. The maximum Gasteiger partial charge on any atom is 0.356 e. The maximum atomic E-state index is 11.1. The molecule has 0 saturated heterocycles. The van der Waals surface area contributed by atoms with Crippen LogP contribution in [0.1, 0.15) is 48.7 Å². The summed E-state index contributed by atoms with van der Waals surface area (Å²) in [5, 5.41) is 9.15. The molecule has 94 valence electrons. The molecule has 1 aliphatic heterocycles. The van der Waals surface area contributed by atoms with Crippen molar-refractivity contribution in [3.05, 3.63) is 17.2 Å². The zero-order valence-corrected chi connectivity index (χ0v) is 10.4. The third-order valence-corrected chi connectivity index (χ3v) is 3.01. The third kappa shape index (κ3) is 2.49. The standard InChI is InChI=1S/C12H19N3O2/c1-12(2,13)7-9-14-10(11(16)17)8-5-3-4-6-15(8)9/h3-7,13H2,1-2H3,(H,16,17). The first kappa shape index (κ1) is 12.1. The molecule has 3 N–H and O–H groups in total. The second-order valence-corrected chi connectivity index (χ2v) is 5.40. The summed E-state index contributed by atoms with van der Waals surface area (Å²) in [5.41, 5.74) is 6.70. The highest BCUT2D eigenvalue weighted by atomic mass is 16.4. The minimum atomic E-state index is -0.934. The lowest BCUT2D eigenvalue weighted by Crippen LogP contribution is -2.35. The Morgan fingerprint density at radius 2 is 2.24 bits per heavy atom. The summed E-state index contributed by atoms with van der Waals surface area (Å²) in [6, 6.07) is 0. The first-order valence-corrected chi connectivity index (χ1v) is 5.99. The summed E-state index contributed by atoms with van der Waals surface area (Å²) < 4.78 is 2.04. The zero-order chi connectivity index (χ0) is 12.6. The van der Waals surface area contributed by atoms with Crippen LogP contribution in [0.4, 0.5) is 0 Å². The van der Waals surface area contributed by atoms with Gasteiger partial charge in [0.2, 0.25) is 0 Å². The van der Waals surface area contributed by atoms with Gasteiger partial charge >= 0.3 is 5.97 Å². The number of nitrogens with two attached hydrogens (primary N) is 1. The van der Waals surface area contributed by atoms with Crippen molar-refractivity contribution in [1.82, 2.24) is 9.55 Å². The molecule has 5 nitrogen and oxygen atoms in total. The predicted octanol–water partition coefficient (Wildman–Crippen LogP) is 1.20. The summed E-state index contributed by atoms with van der Waals surface area (Å²) in [6.45, 7) is 4.72. The Morgan fingerprint density at radius 3 is 2.82 bits per heavy atom. The van der Waals surface area contributed by atoms with Crippen molar-refractivity contribution in [2.45, 2.75) is 51.6 Å². The zero-order valence-electron chi connectivity index (χ0n) is 10.4. The number of nitrogens with zero attached hydrogens (tertiary/aromatic N) is 2. The number of hydrogen-bond donors (Lipinski definition) is 2. The van der Waals surface area contributed by atoms with Gasteiger partial charge in [0, 0.05) is 18.5 Å². The van der Waals surface area contributed by atoms with E-state index in [0.29, 0.717) is 6.42 Å². The molecule has 17 heavy (non-hydrogen) atoms. The van der Waals surface area contributed by atoms with Crippen molar-refractivity contribution < 1.29 is 9.90 Å². The Hall–Kier alpha value is -1.36. The van der Waals surface area contributed by atoms with E-state index < -0.39 is 5.97 Å². The van der Waals surface area contributed by atoms with Crippen LogP contribution >= 0.6 is 0 Å². The molecule has 1 aromatic heterocycles. The Labute approximate surface area is 101 Å². The predicted molar refractivity (Wildman–Crippen MR) is 64.1 cm³/mol. The van der Waals surface area contributed by atoms with Crippen LogP contribution in [-0.2, 0) is 19.4 Å². The SMILES string of the molecule is CC(C)(N)Cc1nc(C(=O)O)c2n1CCCC2. The molecule has 0 bridgehead atoms. The summed E-state index contributed by atoms with van der Waals surface area (Å²) in [5.74, 6) is -0.124. The van der Waals surface area contributed by atoms with Crippen molar-refractivity contribution in [3.63, 3.8) is 0 Å². The van der Waals surface area contributed by atoms with Gasteiger partial charge in [0.05, 0.1) is 5.69 Å². The molecule has 0 radical (unpaired) electrons. The van der Waals surface area contributed by atoms with Crippen molar-refractivity contribution in [2.24, 2.45) is 5.73 Å². The van der Waals surface area contributed by atoms with Crippen LogP contribution in [0.25, 0.3) is 0 Å². The highest BCUT2D eigenvalue weighted by molar-refractivity contribution is 5.87. The molecule has 0 unspecified atom stereocenters. The molecule has 0 saturated carbocycles. The van der Waals surface area contributed by atoms with Gasteiger partial charge in [-0.1, -0.05) is 0 Å². The number of aromatic carboxylic acids is 1. The lowest BCUT2D eigenvalue weighted by atomic mass is 10.0. The van der Waals surface area contributed by atoms with Gasteiger partial charge in [-0.15, -0.1) is 0 Å². The third-order valence-electron chi connectivity index (χ3n) is 3.01. The van der Waals surface area contributed by atoms with Gasteiger partial charge in [0.1, 0.15) is 5.82 Å². The topological polar surface area (TPSA) is 81.1 Å². The van der Waals surface area contributed by atoms with Gasteiger partial charge in [-0.05, 0) is 33.1 Å². The van der Waals surface area contributed by atoms with Crippen LogP contribution in [-0.4, -0.2) is 26.2 Å². The van der Waals surface area contributed by atoms with E-state index in [9.17, 15) is 4.79 Å². The Kier molecular flexibility index (Phi) is 2.95. The number of fused-ring (bicyclic) bond motifs is 1. The van der Waals surface area contributed by atoms with Crippen LogP contribution < -0.4 is 5.73 Å². The number of aromatic nitrogens is 2. The number of carboxylic acids is 1. The average Bonchev–Trinajstić information content (AvgIpc) is 2.55. The lowest BCUT2D eigenvalue weighted by Gasteiger charge is -2.21. The maximum absolute atomic E-state index is 11.1. The van der Waals surface area contributed by atoms with Crippen molar-refractivity contribution in [3.8, 4) is 0 Å². The first-order valence-electron chi connectivity index (χ1n) is 5.99. The highest BCUT2D eigenvalue weighted by Crippen LogP contribution is 2.22. The Morgan fingerprint density at radius 1 is 1.53 bits per heavy atom. The Balaban J connectivity index is 2.42. The summed E-state index contributed by atoms with van der Waals surface area (Å²) in [4.78, 5) is 15.4. The van der Waals surface area contributed by atoms with Gasteiger partial charge in [-0.2, -0.15) is 0 Å². The molecule has 1 aromatic rings. The van der Waals surface area contributed by atoms with E-state index in [1.165, 1.54) is 0 Å². The summed E-state index contributed by atoms with van der Waals surface area (Å²) in [6.07, 6.45) is 3.53. The van der Waals surface area contributed by atoms with E-state index in [1.54, 1.807) is 0 Å². The molecule has 0 atom stereocenters. The number of imidazole rings is 1. The molecule has 2 heterocycles. The molecule has 0 spiro atoms. The minimum Gasteiger partial charge on any atom is -0.476 e. The molecule has 1 aliphatic rings. The fraction of sp³-hybridized carbons (Fsp3) is 0.667. The number of hydrogen-bond acceptors (Lipinski definition) is 3. The van der Waals surface area contributed by atoms with E-state index >= 15 is 0 Å². The quantitative estimate of drug-likeness (QED) is 0.827. The number of rotatable bonds is 3. The molecular formula is C12H19N3O2. The normalized spacial score (nSPS) is 15.7. The highest BCUT2D eigenvalue weighted by Gasteiger charge is 2.26.